The minimum absolute atomic E-state index is 0.0896. The number of carbonyl (C=O) groups is 2. The fourth-order valence-corrected chi connectivity index (χ4v) is 4.30. The molecule has 1 heterocycles. The number of hydrogen-bond donors (Lipinski definition) is 0. The van der Waals surface area contributed by atoms with Gasteiger partial charge in [0, 0.05) is 44.5 Å². The zero-order valence-corrected chi connectivity index (χ0v) is 21.8. The minimum Gasteiger partial charge on any atom is -0.496 e. The molecule has 1 saturated heterocycles. The molecule has 0 bridgehead atoms. The molecule has 3 rings (SSSR count). The molecule has 8 nitrogen and oxygen atoms in total. The number of ether oxygens (including phenoxy) is 3. The predicted molar refractivity (Wildman–Crippen MR) is 136 cm³/mol. The van der Waals surface area contributed by atoms with Crippen LogP contribution in [0.15, 0.2) is 36.4 Å². The number of urea groups is 1. The van der Waals surface area contributed by atoms with Crippen LogP contribution in [0.5, 0.6) is 17.2 Å². The van der Waals surface area contributed by atoms with E-state index in [1.54, 1.807) is 49.2 Å². The van der Waals surface area contributed by atoms with Crippen LogP contribution >= 0.6 is 0 Å². The van der Waals surface area contributed by atoms with Gasteiger partial charge in [-0.15, -0.1) is 0 Å². The molecule has 196 valence electrons. The smallest absolute Gasteiger partial charge is 0.324 e. The van der Waals surface area contributed by atoms with Crippen molar-refractivity contribution in [1.29, 1.82) is 0 Å². The van der Waals surface area contributed by atoms with Crippen LogP contribution in [0.2, 0.25) is 0 Å². The van der Waals surface area contributed by atoms with E-state index in [4.69, 9.17) is 14.2 Å². The highest BCUT2D eigenvalue weighted by atomic mass is 19.1. The molecule has 0 radical (unpaired) electrons. The Morgan fingerprint density at radius 3 is 2.42 bits per heavy atom. The van der Waals surface area contributed by atoms with Gasteiger partial charge in [0.05, 0.1) is 33.3 Å². The lowest BCUT2D eigenvalue weighted by Gasteiger charge is -2.40. The van der Waals surface area contributed by atoms with Gasteiger partial charge in [0.1, 0.15) is 11.6 Å². The van der Waals surface area contributed by atoms with Gasteiger partial charge in [-0.3, -0.25) is 9.69 Å². The zero-order chi connectivity index (χ0) is 26.2. The molecule has 9 heteroatoms. The Kier molecular flexibility index (Phi) is 9.38. The maximum absolute atomic E-state index is 14.0. The molecule has 36 heavy (non-hydrogen) atoms. The molecular weight excluding hydrogens is 465 g/mol. The fourth-order valence-electron chi connectivity index (χ4n) is 4.30. The van der Waals surface area contributed by atoms with Gasteiger partial charge in [0.2, 0.25) is 5.91 Å². The highest BCUT2D eigenvalue weighted by Gasteiger charge is 2.37. The molecule has 1 fully saturated rings. The Morgan fingerprint density at radius 2 is 1.75 bits per heavy atom. The molecule has 2 aromatic carbocycles. The quantitative estimate of drug-likeness (QED) is 0.422. The number of anilines is 1. The van der Waals surface area contributed by atoms with Crippen molar-refractivity contribution in [3.8, 4) is 17.2 Å². The van der Waals surface area contributed by atoms with E-state index in [9.17, 15) is 14.0 Å². The van der Waals surface area contributed by atoms with Crippen molar-refractivity contribution < 1.29 is 28.2 Å². The molecule has 0 N–H and O–H groups in total. The number of methoxy groups -OCH3 is 2. The van der Waals surface area contributed by atoms with Gasteiger partial charge in [-0.1, -0.05) is 19.8 Å². The third-order valence-corrected chi connectivity index (χ3v) is 6.20. The van der Waals surface area contributed by atoms with Crippen LogP contribution in [0, 0.1) is 11.7 Å². The number of carbonyl (C=O) groups excluding carboxylic acids is 2. The Balaban J connectivity index is 1.93. The van der Waals surface area contributed by atoms with Gasteiger partial charge < -0.3 is 24.0 Å². The van der Waals surface area contributed by atoms with Gasteiger partial charge >= 0.3 is 6.03 Å². The summed E-state index contributed by atoms with van der Waals surface area (Å²) in [6.07, 6.45) is 3.05. The first-order valence-electron chi connectivity index (χ1n) is 12.2. The number of amides is 3. The van der Waals surface area contributed by atoms with E-state index < -0.39 is 11.7 Å². The van der Waals surface area contributed by atoms with Crippen molar-refractivity contribution in [2.45, 2.75) is 32.7 Å². The van der Waals surface area contributed by atoms with Gasteiger partial charge in [0.15, 0.2) is 11.5 Å². The van der Waals surface area contributed by atoms with Crippen molar-refractivity contribution in [1.82, 2.24) is 9.80 Å². The Morgan fingerprint density at radius 1 is 1.03 bits per heavy atom. The largest absolute Gasteiger partial charge is 0.496 e. The molecule has 0 aliphatic carbocycles. The predicted octanol–water partition coefficient (Wildman–Crippen LogP) is 4.56. The molecule has 0 saturated carbocycles. The molecule has 0 aromatic heterocycles. The van der Waals surface area contributed by atoms with E-state index >= 15 is 0 Å². The molecule has 1 unspecified atom stereocenters. The van der Waals surface area contributed by atoms with Crippen LogP contribution < -0.4 is 19.1 Å². The van der Waals surface area contributed by atoms with E-state index in [0.717, 1.165) is 19.3 Å². The first kappa shape index (κ1) is 27.1. The first-order valence-corrected chi connectivity index (χ1v) is 12.2. The second-order valence-electron chi connectivity index (χ2n) is 9.05. The van der Waals surface area contributed by atoms with Gasteiger partial charge in [-0.2, -0.15) is 0 Å². The van der Waals surface area contributed by atoms with E-state index in [0.29, 0.717) is 35.1 Å². The van der Waals surface area contributed by atoms with Crippen molar-refractivity contribution in [2.75, 3.05) is 52.9 Å². The summed E-state index contributed by atoms with van der Waals surface area (Å²) in [4.78, 5) is 31.2. The number of halogens is 1. The van der Waals surface area contributed by atoms with E-state index in [1.165, 1.54) is 30.2 Å². The topological polar surface area (TPSA) is 71.5 Å². The normalized spacial score (nSPS) is 15.6. The number of nitrogens with zero attached hydrogens (tertiary/aromatic N) is 3. The third-order valence-electron chi connectivity index (χ3n) is 6.20. The van der Waals surface area contributed by atoms with Crippen molar-refractivity contribution >= 4 is 17.6 Å². The number of hydrogen-bond acceptors (Lipinski definition) is 5. The maximum Gasteiger partial charge on any atom is 0.324 e. The molecular formula is C27H36FN3O5. The molecule has 1 aliphatic rings. The Labute approximate surface area is 212 Å². The van der Waals surface area contributed by atoms with E-state index in [2.05, 4.69) is 6.92 Å². The Hall–Kier alpha value is -3.49. The van der Waals surface area contributed by atoms with Gasteiger partial charge in [-0.25, -0.2) is 9.18 Å². The number of rotatable bonds is 11. The SMILES string of the molecule is CCCCCOc1cc(N2CC(C(=O)N(C)C)CN(Cc3cc(F)ccc3OC)C2=O)ccc1OC. The number of benzene rings is 2. The van der Waals surface area contributed by atoms with Crippen LogP contribution in [0.1, 0.15) is 31.7 Å². The van der Waals surface area contributed by atoms with Crippen molar-refractivity contribution in [2.24, 2.45) is 5.92 Å². The molecule has 2 aromatic rings. The second kappa shape index (κ2) is 12.5. The van der Waals surface area contributed by atoms with Gasteiger partial charge in [0.25, 0.3) is 0 Å². The monoisotopic (exact) mass is 501 g/mol. The summed E-state index contributed by atoms with van der Waals surface area (Å²) in [7, 11) is 6.45. The van der Waals surface area contributed by atoms with Crippen molar-refractivity contribution in [3.05, 3.63) is 47.8 Å². The summed E-state index contributed by atoms with van der Waals surface area (Å²) >= 11 is 0. The Bertz CT molecular complexity index is 1060. The summed E-state index contributed by atoms with van der Waals surface area (Å²) in [6, 6.07) is 9.21. The van der Waals surface area contributed by atoms with Crippen LogP contribution in [-0.4, -0.2) is 69.7 Å². The third kappa shape index (κ3) is 6.38. The highest BCUT2D eigenvalue weighted by Crippen LogP contribution is 2.34. The fraction of sp³-hybridized carbons (Fsp3) is 0.481. The molecule has 3 amide bonds. The zero-order valence-electron chi connectivity index (χ0n) is 21.8. The van der Waals surface area contributed by atoms with Crippen LogP contribution in [-0.2, 0) is 11.3 Å². The lowest BCUT2D eigenvalue weighted by atomic mass is 10.0. The van der Waals surface area contributed by atoms with E-state index in [-0.39, 0.29) is 31.6 Å². The molecule has 0 spiro atoms. The summed E-state index contributed by atoms with van der Waals surface area (Å²) in [5.74, 6) is 0.610. The summed E-state index contributed by atoms with van der Waals surface area (Å²) < 4.78 is 30.8. The average Bonchev–Trinajstić information content (AvgIpc) is 2.87. The van der Waals surface area contributed by atoms with E-state index in [1.807, 2.05) is 0 Å². The molecule has 1 atom stereocenters. The second-order valence-corrected chi connectivity index (χ2v) is 9.05. The highest BCUT2D eigenvalue weighted by molar-refractivity contribution is 5.95. The lowest BCUT2D eigenvalue weighted by Crippen LogP contribution is -2.56. The maximum atomic E-state index is 14.0. The summed E-state index contributed by atoms with van der Waals surface area (Å²) in [6.45, 7) is 3.19. The summed E-state index contributed by atoms with van der Waals surface area (Å²) in [5, 5.41) is 0. The average molecular weight is 502 g/mol. The van der Waals surface area contributed by atoms with Crippen LogP contribution in [0.4, 0.5) is 14.9 Å². The molecule has 1 aliphatic heterocycles. The lowest BCUT2D eigenvalue weighted by molar-refractivity contribution is -0.133. The number of unbranched alkanes of at least 4 members (excludes halogenated alkanes) is 2. The minimum atomic E-state index is -0.465. The van der Waals surface area contributed by atoms with Crippen LogP contribution in [0.25, 0.3) is 0 Å². The van der Waals surface area contributed by atoms with Gasteiger partial charge in [-0.05, 0) is 36.8 Å². The summed E-state index contributed by atoms with van der Waals surface area (Å²) in [5.41, 5.74) is 1.12. The van der Waals surface area contributed by atoms with Crippen molar-refractivity contribution in [3.63, 3.8) is 0 Å². The first-order chi connectivity index (χ1) is 17.3. The standard InChI is InChI=1S/C27H36FN3O5/c1-6-7-8-13-36-25-15-22(10-12-24(25)35-5)31-18-20(26(32)29(2)3)17-30(27(31)33)16-19-14-21(28)9-11-23(19)34-4/h9-12,14-15,20H,6-8,13,16-18H2,1-5H3. The van der Waals surface area contributed by atoms with Crippen LogP contribution in [0.3, 0.4) is 0 Å².